The molecule has 0 aliphatic heterocycles. The van der Waals surface area contributed by atoms with E-state index in [9.17, 15) is 8.78 Å². The third-order valence-electron chi connectivity index (χ3n) is 4.96. The van der Waals surface area contributed by atoms with E-state index < -0.39 is 11.6 Å². The van der Waals surface area contributed by atoms with Gasteiger partial charge in [0.05, 0.1) is 7.05 Å². The van der Waals surface area contributed by atoms with E-state index in [1.807, 2.05) is 92.7 Å². The van der Waals surface area contributed by atoms with Crippen molar-refractivity contribution < 1.29 is 13.3 Å². The van der Waals surface area contributed by atoms with Crippen molar-refractivity contribution in [2.75, 3.05) is 0 Å². The third-order valence-corrected chi connectivity index (χ3v) is 4.96. The van der Waals surface area contributed by atoms with Gasteiger partial charge in [0.25, 0.3) is 5.82 Å². The number of aromatic nitrogens is 2. The van der Waals surface area contributed by atoms with Crippen molar-refractivity contribution in [3.63, 3.8) is 0 Å². The van der Waals surface area contributed by atoms with Gasteiger partial charge in [-0.25, -0.2) is 37.5 Å². The molecule has 0 aliphatic rings. The molecule has 1 atom stereocenters. The number of nitrogens with zero attached hydrogens (tertiary/aromatic N) is 2. The van der Waals surface area contributed by atoms with Crippen LogP contribution in [0.3, 0.4) is 0 Å². The Morgan fingerprint density at radius 3 is 2.31 bits per heavy atom. The first kappa shape index (κ1) is 28.4. The monoisotopic (exact) mass is 509 g/mol. The van der Waals surface area contributed by atoms with Crippen LogP contribution in [0.15, 0.2) is 72.1 Å². The summed E-state index contributed by atoms with van der Waals surface area (Å²) in [5.41, 5.74) is 3.91. The van der Waals surface area contributed by atoms with Gasteiger partial charge >= 0.3 is 45.5 Å². The summed E-state index contributed by atoms with van der Waals surface area (Å²) in [6.07, 6.45) is 6.42. The summed E-state index contributed by atoms with van der Waals surface area (Å²) in [7, 11) is 1.87. The fourth-order valence-corrected chi connectivity index (χ4v) is 3.40. The van der Waals surface area contributed by atoms with Crippen molar-refractivity contribution in [1.29, 1.82) is 0 Å². The summed E-state index contributed by atoms with van der Waals surface area (Å²) >= 11 is 0. The third kappa shape index (κ3) is 7.45. The Balaban J connectivity index is 0.000000558. The van der Waals surface area contributed by atoms with E-state index in [2.05, 4.69) is 6.92 Å². The number of rotatable bonds is 5. The van der Waals surface area contributed by atoms with Crippen molar-refractivity contribution in [2.24, 2.45) is 7.05 Å². The van der Waals surface area contributed by atoms with Gasteiger partial charge in [-0.2, -0.15) is 4.57 Å². The molecule has 1 unspecified atom stereocenters. The summed E-state index contributed by atoms with van der Waals surface area (Å²) in [6, 6.07) is 12.2. The van der Waals surface area contributed by atoms with Crippen LogP contribution >= 0.6 is 0 Å². The van der Waals surface area contributed by atoms with Gasteiger partial charge in [-0.3, -0.25) is 6.58 Å². The maximum atomic E-state index is 14.8. The molecule has 3 aromatic rings. The maximum Gasteiger partial charge on any atom is 2.00 e. The molecule has 2 nitrogen and oxygen atoms in total. The molecule has 5 heteroatoms. The SMILES string of the molecule is CCC(C)c1cc(F)cc(F)c1-c1n(-c2ccccc2)cc[n+]1C.[CH-]=C(C)/C=C(\[CH2-])C.[Sr+2]. The number of allylic oxidation sites excluding steroid dienone is 3. The van der Waals surface area contributed by atoms with Crippen molar-refractivity contribution in [3.05, 3.63) is 103 Å². The number of para-hydroxylation sites is 1. The van der Waals surface area contributed by atoms with E-state index in [-0.39, 0.29) is 51.4 Å². The van der Waals surface area contributed by atoms with E-state index in [4.69, 9.17) is 6.58 Å². The van der Waals surface area contributed by atoms with Crippen molar-refractivity contribution in [3.8, 4) is 17.1 Å². The van der Waals surface area contributed by atoms with Crippen LogP contribution in [-0.2, 0) is 7.05 Å². The molecule has 0 bridgehead atoms. The van der Waals surface area contributed by atoms with Crippen LogP contribution in [0.25, 0.3) is 17.1 Å². The zero-order chi connectivity index (χ0) is 23.1. The van der Waals surface area contributed by atoms with Gasteiger partial charge in [0, 0.05) is 6.07 Å². The minimum Gasteiger partial charge on any atom is -0.290 e. The molecular formula is C27H31F2N2Sr+. The first-order chi connectivity index (χ1) is 14.6. The van der Waals surface area contributed by atoms with E-state index in [1.54, 1.807) is 0 Å². The first-order valence-corrected chi connectivity index (χ1v) is 10.4. The summed E-state index contributed by atoms with van der Waals surface area (Å²) in [6.45, 7) is 16.7. The number of benzene rings is 2. The van der Waals surface area contributed by atoms with Crippen LogP contribution in [0, 0.1) is 25.1 Å². The second-order valence-electron chi connectivity index (χ2n) is 7.83. The molecule has 0 fully saturated rings. The standard InChI is InChI=1S/C20H21F2N2.C7H10.Sr/c1-4-14(2)17-12-15(21)13-18(22)19(17)20-23(3)10-11-24(20)16-8-6-5-7-9-16;1-6(2)5-7(3)4;/h5-14H,4H2,1-3H3;1,5H,3H2,2,4H3;/q+1;-2;+2/b;7-5+;. The van der Waals surface area contributed by atoms with Crippen LogP contribution in [-0.4, -0.2) is 50.0 Å². The Labute approximate surface area is 228 Å². The second kappa shape index (κ2) is 13.1. The molecule has 0 saturated heterocycles. The normalized spacial score (nSPS) is 11.8. The summed E-state index contributed by atoms with van der Waals surface area (Å²) < 4.78 is 32.4. The predicted octanol–water partition coefficient (Wildman–Crippen LogP) is 6.53. The Bertz CT molecular complexity index is 1060. The largest absolute Gasteiger partial charge is 2.00 e. The Kier molecular flexibility index (Phi) is 11.7. The molecule has 0 aliphatic carbocycles. The van der Waals surface area contributed by atoms with Crippen molar-refractivity contribution >= 4 is 45.5 Å². The molecule has 0 amide bonds. The van der Waals surface area contributed by atoms with E-state index in [0.717, 1.165) is 29.3 Å². The zero-order valence-electron chi connectivity index (χ0n) is 19.7. The van der Waals surface area contributed by atoms with Crippen LogP contribution < -0.4 is 4.57 Å². The summed E-state index contributed by atoms with van der Waals surface area (Å²) in [4.78, 5) is 0. The predicted molar refractivity (Wildman–Crippen MR) is 129 cm³/mol. The van der Waals surface area contributed by atoms with E-state index >= 15 is 0 Å². The minimum atomic E-state index is -0.535. The van der Waals surface area contributed by atoms with Gasteiger partial charge < -0.3 is 0 Å². The van der Waals surface area contributed by atoms with Crippen LogP contribution in [0.5, 0.6) is 0 Å². The fourth-order valence-electron chi connectivity index (χ4n) is 3.40. The topological polar surface area (TPSA) is 8.81 Å². The molecule has 0 radical (unpaired) electrons. The van der Waals surface area contributed by atoms with E-state index in [1.165, 1.54) is 6.07 Å². The van der Waals surface area contributed by atoms with Gasteiger partial charge in [0.2, 0.25) is 0 Å². The minimum absolute atomic E-state index is 0. The fraction of sp³-hybridized carbons (Fsp3) is 0.259. The Morgan fingerprint density at radius 1 is 1.19 bits per heavy atom. The number of imidazole rings is 1. The number of halogens is 2. The van der Waals surface area contributed by atoms with Gasteiger partial charge in [-0.1, -0.05) is 45.9 Å². The number of aryl methyl sites for hydroxylation is 1. The van der Waals surface area contributed by atoms with Gasteiger partial charge in [-0.05, 0) is 36.1 Å². The molecule has 164 valence electrons. The van der Waals surface area contributed by atoms with Crippen LogP contribution in [0.2, 0.25) is 0 Å². The van der Waals surface area contributed by atoms with E-state index in [0.29, 0.717) is 17.0 Å². The first-order valence-electron chi connectivity index (χ1n) is 10.4. The van der Waals surface area contributed by atoms with Gasteiger partial charge in [0.15, 0.2) is 0 Å². The molecular weight excluding hydrogens is 478 g/mol. The van der Waals surface area contributed by atoms with Crippen LogP contribution in [0.1, 0.15) is 45.6 Å². The zero-order valence-corrected chi connectivity index (χ0v) is 23.2. The Hall–Kier alpha value is -1.66. The summed E-state index contributed by atoms with van der Waals surface area (Å²) in [5.74, 6) is -0.304. The number of hydrogen-bond acceptors (Lipinski definition) is 0. The molecule has 0 N–H and O–H groups in total. The second-order valence-corrected chi connectivity index (χ2v) is 7.83. The van der Waals surface area contributed by atoms with Crippen LogP contribution in [0.4, 0.5) is 8.78 Å². The molecule has 0 saturated carbocycles. The van der Waals surface area contributed by atoms with Gasteiger partial charge in [-0.15, -0.1) is 0 Å². The molecule has 0 spiro atoms. The smallest absolute Gasteiger partial charge is 0.290 e. The van der Waals surface area contributed by atoms with Gasteiger partial charge in [0.1, 0.15) is 35.3 Å². The number of hydrogen-bond donors (Lipinski definition) is 0. The van der Waals surface area contributed by atoms with Crippen molar-refractivity contribution in [2.45, 2.75) is 40.0 Å². The quantitative estimate of drug-likeness (QED) is 0.160. The average Bonchev–Trinajstić information content (AvgIpc) is 3.08. The summed E-state index contributed by atoms with van der Waals surface area (Å²) in [5, 5.41) is 0. The maximum absolute atomic E-state index is 14.8. The molecule has 3 rings (SSSR count). The van der Waals surface area contributed by atoms with Crippen molar-refractivity contribution in [1.82, 2.24) is 4.57 Å². The molecule has 1 aromatic heterocycles. The molecule has 2 aromatic carbocycles. The Morgan fingerprint density at radius 2 is 1.81 bits per heavy atom. The average molecular weight is 509 g/mol. The molecule has 1 heterocycles. The molecule has 32 heavy (non-hydrogen) atoms.